The lowest BCUT2D eigenvalue weighted by molar-refractivity contribution is 0.0708. The molecule has 0 spiro atoms. The van der Waals surface area contributed by atoms with E-state index >= 15 is 4.39 Å². The van der Waals surface area contributed by atoms with Gasteiger partial charge in [0, 0.05) is 30.3 Å². The Hall–Kier alpha value is -3.01. The summed E-state index contributed by atoms with van der Waals surface area (Å²) in [5.74, 6) is 6.99. The number of likely N-dealkylation sites (tertiary alicyclic amines) is 1. The summed E-state index contributed by atoms with van der Waals surface area (Å²) in [4.78, 5) is 6.57. The normalized spacial score (nSPS) is 19.4. The molecule has 0 radical (unpaired) electrons. The van der Waals surface area contributed by atoms with Crippen LogP contribution in [0.3, 0.4) is 0 Å². The zero-order valence-electron chi connectivity index (χ0n) is 19.4. The van der Waals surface area contributed by atoms with Crippen LogP contribution in [-0.2, 0) is 0 Å². The average molecular weight is 465 g/mol. The van der Waals surface area contributed by atoms with Gasteiger partial charge in [-0.2, -0.15) is 0 Å². The molecular weight excluding hydrogens is 434 g/mol. The van der Waals surface area contributed by atoms with Crippen molar-refractivity contribution in [2.75, 3.05) is 33.4 Å². The number of benzene rings is 2. The molecule has 2 heterocycles. The molecule has 4 rings (SSSR count). The molecule has 0 bridgehead atoms. The number of hydrogen-bond donors (Lipinski definition) is 1. The first-order chi connectivity index (χ1) is 16.6. The number of piperidine rings is 1. The van der Waals surface area contributed by atoms with Gasteiger partial charge in [-0.1, -0.05) is 11.8 Å². The van der Waals surface area contributed by atoms with Crippen LogP contribution < -0.4 is 4.74 Å². The molecule has 1 N–H and O–H groups in total. The molecule has 1 fully saturated rings. The number of hydrogen-bond acceptors (Lipinski definition) is 4. The summed E-state index contributed by atoms with van der Waals surface area (Å²) in [5.41, 5.74) is 2.17. The minimum atomic E-state index is -1.10. The van der Waals surface area contributed by atoms with Crippen LogP contribution in [0.15, 0.2) is 54.7 Å². The fourth-order valence-electron chi connectivity index (χ4n) is 4.74. The van der Waals surface area contributed by atoms with Crippen LogP contribution in [0.5, 0.6) is 5.75 Å². The van der Waals surface area contributed by atoms with Crippen LogP contribution in [0.1, 0.15) is 36.6 Å². The van der Waals surface area contributed by atoms with E-state index in [0.717, 1.165) is 42.4 Å². The fourth-order valence-corrected chi connectivity index (χ4v) is 4.74. The summed E-state index contributed by atoms with van der Waals surface area (Å²) >= 11 is 0. The van der Waals surface area contributed by atoms with E-state index in [0.29, 0.717) is 24.3 Å². The summed E-state index contributed by atoms with van der Waals surface area (Å²) in [6.45, 7) is 2.28. The second-order valence-corrected chi connectivity index (χ2v) is 8.86. The Morgan fingerprint density at radius 3 is 2.76 bits per heavy atom. The molecule has 1 aliphatic heterocycles. The monoisotopic (exact) mass is 464 g/mol. The van der Waals surface area contributed by atoms with Crippen molar-refractivity contribution in [3.63, 3.8) is 0 Å². The van der Waals surface area contributed by atoms with Gasteiger partial charge >= 0.3 is 0 Å². The fraction of sp³-hybridized carbons (Fsp3) is 0.393. The molecule has 0 aliphatic carbocycles. The zero-order valence-corrected chi connectivity index (χ0v) is 19.4. The van der Waals surface area contributed by atoms with Gasteiger partial charge in [0.2, 0.25) is 0 Å². The van der Waals surface area contributed by atoms with Gasteiger partial charge in [0.1, 0.15) is 17.7 Å². The highest BCUT2D eigenvalue weighted by atomic mass is 19.1. The molecule has 2 aromatic carbocycles. The number of pyridine rings is 1. The number of halogens is 2. The molecule has 4 nitrogen and oxygen atoms in total. The molecule has 34 heavy (non-hydrogen) atoms. The van der Waals surface area contributed by atoms with E-state index in [1.54, 1.807) is 31.5 Å². The third kappa shape index (κ3) is 5.91. The lowest BCUT2D eigenvalue weighted by Gasteiger charge is -2.37. The highest BCUT2D eigenvalue weighted by Gasteiger charge is 2.29. The van der Waals surface area contributed by atoms with Gasteiger partial charge < -0.3 is 9.84 Å². The molecule has 3 atom stereocenters. The van der Waals surface area contributed by atoms with Gasteiger partial charge in [-0.25, -0.2) is 8.78 Å². The maximum atomic E-state index is 15.3. The van der Waals surface area contributed by atoms with E-state index in [9.17, 15) is 9.50 Å². The standard InChI is InChI=1S/C28H30F2N2O2/c1-34-24-9-11-28-26(17-24)25(12-14-31-28)27(30)10-6-21-13-16-32(18-22(21)19-33)15-2-3-20-4-7-23(29)8-5-20/h4-5,7-9,11-12,14,17,21-22,27,33H,6,10,13,15-16,18-19H2,1H3/t21-,22-,27+/m1/s1. The third-order valence-electron chi connectivity index (χ3n) is 6.70. The van der Waals surface area contributed by atoms with Crippen molar-refractivity contribution in [1.29, 1.82) is 0 Å². The first kappa shape index (κ1) is 24.1. The van der Waals surface area contributed by atoms with Crippen LogP contribution >= 0.6 is 0 Å². The number of rotatable bonds is 7. The predicted octanol–water partition coefficient (Wildman–Crippen LogP) is 5.16. The Bertz CT molecular complexity index is 1160. The molecule has 1 aliphatic rings. The number of methoxy groups -OCH3 is 1. The third-order valence-corrected chi connectivity index (χ3v) is 6.70. The minimum absolute atomic E-state index is 0.0822. The lowest BCUT2D eigenvalue weighted by Crippen LogP contribution is -2.42. The quantitative estimate of drug-likeness (QED) is 0.491. The van der Waals surface area contributed by atoms with Gasteiger partial charge in [-0.15, -0.1) is 0 Å². The Kier molecular flexibility index (Phi) is 8.10. The number of ether oxygens (including phenoxy) is 1. The van der Waals surface area contributed by atoms with Gasteiger partial charge in [0.05, 0.1) is 19.2 Å². The predicted molar refractivity (Wildman–Crippen MR) is 130 cm³/mol. The van der Waals surface area contributed by atoms with Crippen molar-refractivity contribution in [1.82, 2.24) is 9.88 Å². The van der Waals surface area contributed by atoms with Crippen molar-refractivity contribution in [3.8, 4) is 17.6 Å². The second kappa shape index (κ2) is 11.4. The summed E-state index contributed by atoms with van der Waals surface area (Å²) in [5, 5.41) is 10.8. The van der Waals surface area contributed by atoms with E-state index in [4.69, 9.17) is 4.74 Å². The Labute approximate surface area is 199 Å². The van der Waals surface area contributed by atoms with E-state index in [1.165, 1.54) is 12.1 Å². The average Bonchev–Trinajstić information content (AvgIpc) is 2.88. The van der Waals surface area contributed by atoms with Gasteiger partial charge in [-0.05, 0) is 91.7 Å². The maximum Gasteiger partial charge on any atom is 0.126 e. The largest absolute Gasteiger partial charge is 0.497 e. The Morgan fingerprint density at radius 1 is 1.18 bits per heavy atom. The van der Waals surface area contributed by atoms with Gasteiger partial charge in [-0.3, -0.25) is 9.88 Å². The van der Waals surface area contributed by atoms with Crippen molar-refractivity contribution in [3.05, 3.63) is 71.7 Å². The van der Waals surface area contributed by atoms with E-state index in [2.05, 4.69) is 21.7 Å². The number of aliphatic hydroxyl groups excluding tert-OH is 1. The number of fused-ring (bicyclic) bond motifs is 1. The van der Waals surface area contributed by atoms with E-state index in [1.807, 2.05) is 18.2 Å². The van der Waals surface area contributed by atoms with Crippen LogP contribution in [0.25, 0.3) is 10.9 Å². The number of aromatic nitrogens is 1. The maximum absolute atomic E-state index is 15.3. The topological polar surface area (TPSA) is 45.6 Å². The molecule has 1 saturated heterocycles. The highest BCUT2D eigenvalue weighted by molar-refractivity contribution is 5.83. The van der Waals surface area contributed by atoms with Gasteiger partial charge in [0.15, 0.2) is 0 Å². The smallest absolute Gasteiger partial charge is 0.126 e. The highest BCUT2D eigenvalue weighted by Crippen LogP contribution is 2.35. The van der Waals surface area contributed by atoms with E-state index in [-0.39, 0.29) is 24.3 Å². The SMILES string of the molecule is COc1ccc2nccc([C@@H](F)CC[C@@H]3CCN(CC#Cc4ccc(F)cc4)C[C@@H]3CO)c2c1. The van der Waals surface area contributed by atoms with Crippen LogP contribution in [0.4, 0.5) is 8.78 Å². The summed E-state index contributed by atoms with van der Waals surface area (Å²) in [6.07, 6.45) is 2.58. The summed E-state index contributed by atoms with van der Waals surface area (Å²) in [7, 11) is 1.60. The molecule has 0 saturated carbocycles. The first-order valence-electron chi connectivity index (χ1n) is 11.7. The summed E-state index contributed by atoms with van der Waals surface area (Å²) in [6, 6.07) is 13.4. The van der Waals surface area contributed by atoms with Crippen molar-refractivity contribution in [2.24, 2.45) is 11.8 Å². The first-order valence-corrected chi connectivity index (χ1v) is 11.7. The number of aliphatic hydroxyl groups is 1. The molecular formula is C28H30F2N2O2. The Balaban J connectivity index is 1.33. The van der Waals surface area contributed by atoms with Crippen molar-refractivity contribution < 1.29 is 18.6 Å². The van der Waals surface area contributed by atoms with Crippen LogP contribution in [-0.4, -0.2) is 48.3 Å². The van der Waals surface area contributed by atoms with Crippen LogP contribution in [0, 0.1) is 29.5 Å². The second-order valence-electron chi connectivity index (χ2n) is 8.86. The molecule has 0 amide bonds. The van der Waals surface area contributed by atoms with Crippen molar-refractivity contribution in [2.45, 2.75) is 25.4 Å². The number of alkyl halides is 1. The zero-order chi connectivity index (χ0) is 23.9. The molecule has 178 valence electrons. The molecule has 3 aromatic rings. The van der Waals surface area contributed by atoms with E-state index < -0.39 is 6.17 Å². The molecule has 0 unspecified atom stereocenters. The lowest BCUT2D eigenvalue weighted by atomic mass is 9.81. The minimum Gasteiger partial charge on any atom is -0.497 e. The van der Waals surface area contributed by atoms with Crippen molar-refractivity contribution >= 4 is 10.9 Å². The number of nitrogens with zero attached hydrogens (tertiary/aromatic N) is 2. The van der Waals surface area contributed by atoms with Crippen LogP contribution in [0.2, 0.25) is 0 Å². The molecule has 1 aromatic heterocycles. The molecule has 6 heteroatoms. The summed E-state index contributed by atoms with van der Waals surface area (Å²) < 4.78 is 33.7. The Morgan fingerprint density at radius 2 is 2.00 bits per heavy atom. The van der Waals surface area contributed by atoms with Gasteiger partial charge in [0.25, 0.3) is 0 Å².